The van der Waals surface area contributed by atoms with Crippen molar-refractivity contribution in [2.24, 2.45) is 0 Å². The van der Waals surface area contributed by atoms with E-state index in [1.54, 1.807) is 12.1 Å². The van der Waals surface area contributed by atoms with Crippen LogP contribution in [0.15, 0.2) is 30.3 Å². The van der Waals surface area contributed by atoms with Crippen LogP contribution in [0, 0.1) is 0 Å². The molecular weight excluding hydrogens is 290 g/mol. The lowest BCUT2D eigenvalue weighted by Crippen LogP contribution is -2.45. The minimum absolute atomic E-state index is 0.0804. The molecule has 114 valence electrons. The Balaban J connectivity index is 2.86. The fraction of sp³-hybridized carbons (Fsp3) is 0.375. The predicted octanol–water partition coefficient (Wildman–Crippen LogP) is 3.46. The van der Waals surface area contributed by atoms with Crippen molar-refractivity contribution in [2.75, 3.05) is 6.54 Å². The molecule has 0 saturated carbocycles. The number of carboxylic acid groups (broad SMARTS) is 1. The third-order valence-corrected chi connectivity index (χ3v) is 3.28. The van der Waals surface area contributed by atoms with Crippen molar-refractivity contribution < 1.29 is 14.7 Å². The molecule has 0 unspecified atom stereocenters. The van der Waals surface area contributed by atoms with Gasteiger partial charge in [0.15, 0.2) is 0 Å². The highest BCUT2D eigenvalue weighted by Gasteiger charge is 2.25. The highest BCUT2D eigenvalue weighted by Crippen LogP contribution is 2.18. The van der Waals surface area contributed by atoms with Crippen LogP contribution < -0.4 is 0 Å². The van der Waals surface area contributed by atoms with Crippen LogP contribution in [-0.2, 0) is 9.59 Å². The number of aliphatic carboxylic acids is 1. The smallest absolute Gasteiger partial charge is 0.305 e. The van der Waals surface area contributed by atoms with Gasteiger partial charge in [-0.3, -0.25) is 9.59 Å². The summed E-state index contributed by atoms with van der Waals surface area (Å²) in [4.78, 5) is 24.5. The van der Waals surface area contributed by atoms with Crippen molar-refractivity contribution >= 4 is 29.6 Å². The van der Waals surface area contributed by atoms with Gasteiger partial charge in [-0.15, -0.1) is 0 Å². The average molecular weight is 310 g/mol. The minimum atomic E-state index is -0.924. The second-order valence-electron chi connectivity index (χ2n) is 5.66. The van der Waals surface area contributed by atoms with Crippen LogP contribution in [0.2, 0.25) is 5.02 Å². The molecule has 0 aromatic heterocycles. The molecule has 0 heterocycles. The monoisotopic (exact) mass is 309 g/mol. The molecule has 1 amide bonds. The predicted molar refractivity (Wildman–Crippen MR) is 84.2 cm³/mol. The first-order chi connectivity index (χ1) is 9.71. The highest BCUT2D eigenvalue weighted by atomic mass is 35.5. The lowest BCUT2D eigenvalue weighted by Gasteiger charge is -2.34. The summed E-state index contributed by atoms with van der Waals surface area (Å²) in [5, 5.41) is 9.34. The number of amides is 1. The maximum atomic E-state index is 12.3. The molecule has 0 saturated heterocycles. The highest BCUT2D eigenvalue weighted by molar-refractivity contribution is 6.32. The van der Waals surface area contributed by atoms with Crippen molar-refractivity contribution in [3.8, 4) is 0 Å². The van der Waals surface area contributed by atoms with E-state index >= 15 is 0 Å². The molecule has 1 aromatic rings. The molecule has 5 heteroatoms. The van der Waals surface area contributed by atoms with Crippen molar-refractivity contribution in [2.45, 2.75) is 32.7 Å². The van der Waals surface area contributed by atoms with Crippen LogP contribution >= 0.6 is 11.6 Å². The first kappa shape index (κ1) is 17.2. The van der Waals surface area contributed by atoms with E-state index in [2.05, 4.69) is 0 Å². The molecule has 4 nitrogen and oxygen atoms in total. The number of carboxylic acids is 1. The van der Waals surface area contributed by atoms with Crippen LogP contribution in [0.3, 0.4) is 0 Å². The summed E-state index contributed by atoms with van der Waals surface area (Å²) >= 11 is 6.03. The SMILES string of the molecule is CC(C)(C)N(CCC(=O)O)C(=O)/C=C/c1ccccc1Cl. The minimum Gasteiger partial charge on any atom is -0.481 e. The van der Waals surface area contributed by atoms with Gasteiger partial charge in [0.25, 0.3) is 0 Å². The van der Waals surface area contributed by atoms with Gasteiger partial charge in [0, 0.05) is 23.2 Å². The molecule has 0 radical (unpaired) electrons. The van der Waals surface area contributed by atoms with E-state index in [4.69, 9.17) is 16.7 Å². The standard InChI is InChI=1S/C16H20ClNO3/c1-16(2,3)18(11-10-15(20)21)14(19)9-8-12-6-4-5-7-13(12)17/h4-9H,10-11H2,1-3H3,(H,20,21)/b9-8+. The Morgan fingerprint density at radius 3 is 2.43 bits per heavy atom. The summed E-state index contributed by atoms with van der Waals surface area (Å²) in [6.45, 7) is 5.78. The van der Waals surface area contributed by atoms with E-state index in [9.17, 15) is 9.59 Å². The lowest BCUT2D eigenvalue weighted by molar-refractivity contribution is -0.139. The van der Waals surface area contributed by atoms with Crippen molar-refractivity contribution in [1.82, 2.24) is 4.90 Å². The second-order valence-corrected chi connectivity index (χ2v) is 6.07. The van der Waals surface area contributed by atoms with Gasteiger partial charge in [0.1, 0.15) is 0 Å². The molecule has 1 aromatic carbocycles. The maximum absolute atomic E-state index is 12.3. The number of nitrogens with zero attached hydrogens (tertiary/aromatic N) is 1. The Kier molecular flexibility index (Phi) is 5.97. The fourth-order valence-electron chi connectivity index (χ4n) is 1.84. The van der Waals surface area contributed by atoms with Gasteiger partial charge < -0.3 is 10.0 Å². The molecule has 0 aliphatic carbocycles. The molecule has 21 heavy (non-hydrogen) atoms. The molecule has 0 spiro atoms. The molecule has 1 rings (SSSR count). The van der Waals surface area contributed by atoms with Crippen LogP contribution in [0.1, 0.15) is 32.8 Å². The van der Waals surface area contributed by atoms with Gasteiger partial charge in [0.05, 0.1) is 6.42 Å². The number of benzene rings is 1. The Morgan fingerprint density at radius 2 is 1.90 bits per heavy atom. The molecule has 0 aliphatic rings. The maximum Gasteiger partial charge on any atom is 0.305 e. The summed E-state index contributed by atoms with van der Waals surface area (Å²) in [5.41, 5.74) is 0.303. The Hall–Kier alpha value is -1.81. The quantitative estimate of drug-likeness (QED) is 0.847. The van der Waals surface area contributed by atoms with Gasteiger partial charge >= 0.3 is 5.97 Å². The third-order valence-electron chi connectivity index (χ3n) is 2.94. The molecule has 0 aliphatic heterocycles. The van der Waals surface area contributed by atoms with Crippen LogP contribution in [-0.4, -0.2) is 34.0 Å². The van der Waals surface area contributed by atoms with Gasteiger partial charge in [-0.1, -0.05) is 29.8 Å². The summed E-state index contributed by atoms with van der Waals surface area (Å²) in [5.74, 6) is -1.16. The first-order valence-electron chi connectivity index (χ1n) is 6.68. The number of rotatable bonds is 5. The van der Waals surface area contributed by atoms with E-state index in [-0.39, 0.29) is 18.9 Å². The zero-order valence-corrected chi connectivity index (χ0v) is 13.2. The van der Waals surface area contributed by atoms with Crippen LogP contribution in [0.4, 0.5) is 0 Å². The molecule has 0 atom stereocenters. The Labute approximate surface area is 130 Å². The fourth-order valence-corrected chi connectivity index (χ4v) is 2.04. The van der Waals surface area contributed by atoms with E-state index in [1.807, 2.05) is 39.0 Å². The topological polar surface area (TPSA) is 57.6 Å². The van der Waals surface area contributed by atoms with Gasteiger partial charge in [-0.2, -0.15) is 0 Å². The van der Waals surface area contributed by atoms with E-state index < -0.39 is 11.5 Å². The number of halogens is 1. The van der Waals surface area contributed by atoms with Crippen molar-refractivity contribution in [3.63, 3.8) is 0 Å². The summed E-state index contributed by atoms with van der Waals surface area (Å²) in [7, 11) is 0. The second kappa shape index (κ2) is 7.27. The van der Waals surface area contributed by atoms with Crippen LogP contribution in [0.5, 0.6) is 0 Å². The number of hydrogen-bond donors (Lipinski definition) is 1. The van der Waals surface area contributed by atoms with Gasteiger partial charge in [-0.25, -0.2) is 0 Å². The van der Waals surface area contributed by atoms with Crippen LogP contribution in [0.25, 0.3) is 6.08 Å². The number of hydrogen-bond acceptors (Lipinski definition) is 2. The normalized spacial score (nSPS) is 11.6. The molecule has 0 fully saturated rings. The average Bonchev–Trinajstić information content (AvgIpc) is 2.36. The summed E-state index contributed by atoms with van der Waals surface area (Å²) in [6, 6.07) is 7.21. The van der Waals surface area contributed by atoms with E-state index in [0.717, 1.165) is 5.56 Å². The lowest BCUT2D eigenvalue weighted by atomic mass is 10.1. The van der Waals surface area contributed by atoms with Gasteiger partial charge in [0.2, 0.25) is 5.91 Å². The Morgan fingerprint density at radius 1 is 1.29 bits per heavy atom. The number of carbonyl (C=O) groups excluding carboxylic acids is 1. The third kappa shape index (κ3) is 5.60. The zero-order valence-electron chi connectivity index (χ0n) is 12.5. The van der Waals surface area contributed by atoms with E-state index in [1.165, 1.54) is 11.0 Å². The molecular formula is C16H20ClNO3. The van der Waals surface area contributed by atoms with Crippen molar-refractivity contribution in [1.29, 1.82) is 0 Å². The zero-order chi connectivity index (χ0) is 16.0. The Bertz CT molecular complexity index is 547. The largest absolute Gasteiger partial charge is 0.481 e. The molecule has 1 N–H and O–H groups in total. The van der Waals surface area contributed by atoms with E-state index in [0.29, 0.717) is 5.02 Å². The number of carbonyl (C=O) groups is 2. The molecule has 0 bridgehead atoms. The van der Waals surface area contributed by atoms with Gasteiger partial charge in [-0.05, 0) is 38.5 Å². The first-order valence-corrected chi connectivity index (χ1v) is 7.05. The summed E-state index contributed by atoms with van der Waals surface area (Å²) < 4.78 is 0. The summed E-state index contributed by atoms with van der Waals surface area (Å²) in [6.07, 6.45) is 2.99. The van der Waals surface area contributed by atoms with Crippen molar-refractivity contribution in [3.05, 3.63) is 40.9 Å².